The van der Waals surface area contributed by atoms with E-state index in [0.717, 1.165) is 12.1 Å². The van der Waals surface area contributed by atoms with Crippen molar-refractivity contribution in [3.05, 3.63) is 92.8 Å². The second-order valence-electron chi connectivity index (χ2n) is 8.12. The highest BCUT2D eigenvalue weighted by atomic mass is 19.2. The maximum Gasteiger partial charge on any atom is 0.347 e. The number of benzene rings is 3. The fourth-order valence-electron chi connectivity index (χ4n) is 4.59. The zero-order chi connectivity index (χ0) is 24.1. The first-order valence-corrected chi connectivity index (χ1v) is 9.82. The molecular weight excluding hydrogens is 457 g/mol. The number of halogens is 3. The Labute approximate surface area is 187 Å². The molecule has 0 N–H and O–H groups in total. The van der Waals surface area contributed by atoms with E-state index < -0.39 is 46.7 Å². The van der Waals surface area contributed by atoms with Crippen molar-refractivity contribution in [3.63, 3.8) is 0 Å². The van der Waals surface area contributed by atoms with Crippen LogP contribution in [0.5, 0.6) is 11.5 Å². The van der Waals surface area contributed by atoms with E-state index in [1.807, 2.05) is 0 Å². The Kier molecular flexibility index (Phi) is 3.74. The van der Waals surface area contributed by atoms with Gasteiger partial charge in [-0.25, -0.2) is 32.3 Å². The van der Waals surface area contributed by atoms with Crippen molar-refractivity contribution < 1.29 is 46.6 Å². The summed E-state index contributed by atoms with van der Waals surface area (Å²) in [5, 5.41) is 0. The summed E-state index contributed by atoms with van der Waals surface area (Å²) in [5.74, 6) is -8.18. The topological polar surface area (TPSA) is 96.0 Å². The van der Waals surface area contributed by atoms with Gasteiger partial charge in [-0.2, -0.15) is 0 Å². The Bertz CT molecular complexity index is 1450. The van der Waals surface area contributed by atoms with E-state index in [1.54, 1.807) is 0 Å². The first-order valence-electron chi connectivity index (χ1n) is 9.82. The minimum absolute atomic E-state index is 0.0307. The average molecular weight is 466 g/mol. The first-order chi connectivity index (χ1) is 16.1. The van der Waals surface area contributed by atoms with Gasteiger partial charge in [-0.15, -0.1) is 0 Å². The molecule has 0 bridgehead atoms. The summed E-state index contributed by atoms with van der Waals surface area (Å²) in [4.78, 5) is 48.5. The van der Waals surface area contributed by atoms with Crippen molar-refractivity contribution in [1.82, 2.24) is 0 Å². The van der Waals surface area contributed by atoms with Crippen LogP contribution in [0.4, 0.5) is 13.2 Å². The van der Waals surface area contributed by atoms with Crippen LogP contribution in [0.3, 0.4) is 0 Å². The molecular formula is C24H9F3O7. The number of hydrogen-bond donors (Lipinski definition) is 0. The van der Waals surface area contributed by atoms with Crippen molar-refractivity contribution in [3.8, 4) is 11.5 Å². The lowest BCUT2D eigenvalue weighted by molar-refractivity contribution is 0.0425. The summed E-state index contributed by atoms with van der Waals surface area (Å²) < 4.78 is 57.5. The zero-order valence-corrected chi connectivity index (χ0v) is 17.0. The largest absolute Gasteiger partial charge is 0.457 e. The second-order valence-corrected chi connectivity index (χ2v) is 8.12. The van der Waals surface area contributed by atoms with Crippen LogP contribution in [0.25, 0.3) is 0 Å². The number of ether oxygens (including phenoxy) is 3. The van der Waals surface area contributed by atoms with Gasteiger partial charge >= 0.3 is 23.9 Å². The van der Waals surface area contributed by atoms with E-state index in [2.05, 4.69) is 9.47 Å². The van der Waals surface area contributed by atoms with Crippen LogP contribution in [0.1, 0.15) is 65.0 Å². The molecule has 0 spiro atoms. The summed E-state index contributed by atoms with van der Waals surface area (Å²) in [6, 6.07) is 6.63. The van der Waals surface area contributed by atoms with Crippen LogP contribution >= 0.6 is 0 Å². The van der Waals surface area contributed by atoms with Gasteiger partial charge in [-0.1, -0.05) is 0 Å². The summed E-state index contributed by atoms with van der Waals surface area (Å²) in [7, 11) is 0. The standard InChI is InChI=1S/C24H9F3O7/c1-24(8-2-15(25)19(27)16(26)3-8)13-4-9-11(22(30)33-20(9)28)6-17(13)32-18-7-12-10(5-14(18)24)21(29)34-23(12)31/h2-7H,1H3. The van der Waals surface area contributed by atoms with Gasteiger partial charge in [-0.3, -0.25) is 0 Å². The van der Waals surface area contributed by atoms with Crippen molar-refractivity contribution >= 4 is 23.9 Å². The zero-order valence-electron chi connectivity index (χ0n) is 17.0. The molecule has 3 aromatic rings. The molecule has 0 fully saturated rings. The quantitative estimate of drug-likeness (QED) is 0.302. The van der Waals surface area contributed by atoms with Gasteiger partial charge in [0, 0.05) is 16.5 Å². The fraction of sp³-hybridized carbons (Fsp3) is 0.0833. The van der Waals surface area contributed by atoms with Crippen LogP contribution < -0.4 is 4.74 Å². The van der Waals surface area contributed by atoms with E-state index in [9.17, 15) is 32.3 Å². The van der Waals surface area contributed by atoms with Gasteiger partial charge in [-0.05, 0) is 48.9 Å². The molecule has 0 amide bonds. The maximum atomic E-state index is 14.3. The molecule has 0 radical (unpaired) electrons. The van der Waals surface area contributed by atoms with Gasteiger partial charge in [0.05, 0.1) is 22.3 Å². The fourth-order valence-corrected chi connectivity index (χ4v) is 4.59. The van der Waals surface area contributed by atoms with Crippen molar-refractivity contribution in [2.45, 2.75) is 12.3 Å². The minimum atomic E-state index is -1.67. The lowest BCUT2D eigenvalue weighted by atomic mass is 9.68. The number of hydrogen-bond acceptors (Lipinski definition) is 7. The molecule has 0 aliphatic carbocycles. The molecule has 34 heavy (non-hydrogen) atoms. The lowest BCUT2D eigenvalue weighted by Gasteiger charge is -2.38. The third-order valence-electron chi connectivity index (χ3n) is 6.35. The third kappa shape index (κ3) is 2.42. The van der Waals surface area contributed by atoms with Gasteiger partial charge in [0.15, 0.2) is 17.5 Å². The van der Waals surface area contributed by atoms with Crippen molar-refractivity contribution in [2.75, 3.05) is 0 Å². The van der Waals surface area contributed by atoms with Crippen LogP contribution in [0, 0.1) is 17.5 Å². The second kappa shape index (κ2) is 6.31. The monoisotopic (exact) mass is 466 g/mol. The number of carbonyl (C=O) groups is 4. The Morgan fingerprint density at radius 1 is 0.588 bits per heavy atom. The van der Waals surface area contributed by atoms with Gasteiger partial charge in [0.2, 0.25) is 0 Å². The SMILES string of the molecule is CC1(c2cc(F)c(F)c(F)c2)c2cc3c(cc2Oc2cc4c(cc21)C(=O)OC4=O)C(=O)OC3=O. The molecule has 0 aromatic heterocycles. The molecule has 3 aliphatic heterocycles. The highest BCUT2D eigenvalue weighted by Crippen LogP contribution is 2.54. The number of rotatable bonds is 1. The Balaban J connectivity index is 1.71. The number of esters is 4. The molecule has 3 aliphatic rings. The summed E-state index contributed by atoms with van der Waals surface area (Å²) >= 11 is 0. The van der Waals surface area contributed by atoms with Gasteiger partial charge in [0.1, 0.15) is 11.5 Å². The Morgan fingerprint density at radius 3 is 1.38 bits per heavy atom. The van der Waals surface area contributed by atoms with E-state index in [0.29, 0.717) is 0 Å². The smallest absolute Gasteiger partial charge is 0.347 e. The molecule has 3 aromatic carbocycles. The molecule has 168 valence electrons. The van der Waals surface area contributed by atoms with Crippen LogP contribution in [-0.2, 0) is 14.9 Å². The maximum absolute atomic E-state index is 14.3. The highest BCUT2D eigenvalue weighted by molar-refractivity contribution is 6.16. The molecule has 7 nitrogen and oxygen atoms in total. The molecule has 3 heterocycles. The molecule has 0 atom stereocenters. The van der Waals surface area contributed by atoms with E-state index in [4.69, 9.17) is 4.74 Å². The van der Waals surface area contributed by atoms with E-state index in [-0.39, 0.29) is 50.4 Å². The summed E-state index contributed by atoms with van der Waals surface area (Å²) in [5.41, 5.74) is -1.59. The molecule has 10 heteroatoms. The Morgan fingerprint density at radius 2 is 0.971 bits per heavy atom. The predicted octanol–water partition coefficient (Wildman–Crippen LogP) is 4.19. The van der Waals surface area contributed by atoms with E-state index in [1.165, 1.54) is 31.2 Å². The summed E-state index contributed by atoms with van der Waals surface area (Å²) in [6.07, 6.45) is 0. The first kappa shape index (κ1) is 20.2. The highest BCUT2D eigenvalue weighted by Gasteiger charge is 2.45. The van der Waals surface area contributed by atoms with Crippen LogP contribution in [0.15, 0.2) is 36.4 Å². The van der Waals surface area contributed by atoms with Gasteiger partial charge in [0.25, 0.3) is 0 Å². The number of carbonyl (C=O) groups excluding carboxylic acids is 4. The molecule has 0 saturated heterocycles. The molecule has 0 saturated carbocycles. The van der Waals surface area contributed by atoms with Crippen LogP contribution in [0.2, 0.25) is 0 Å². The molecule has 6 rings (SSSR count). The van der Waals surface area contributed by atoms with Crippen molar-refractivity contribution in [2.24, 2.45) is 0 Å². The predicted molar refractivity (Wildman–Crippen MR) is 104 cm³/mol. The number of fused-ring (bicyclic) bond motifs is 4. The van der Waals surface area contributed by atoms with Gasteiger partial charge < -0.3 is 14.2 Å². The Hall–Kier alpha value is -4.47. The minimum Gasteiger partial charge on any atom is -0.457 e. The number of cyclic esters (lactones) is 4. The average Bonchev–Trinajstić information content (AvgIpc) is 3.23. The summed E-state index contributed by atoms with van der Waals surface area (Å²) in [6.45, 7) is 1.52. The third-order valence-corrected chi connectivity index (χ3v) is 6.35. The molecule has 0 unspecified atom stereocenters. The normalized spacial score (nSPS) is 16.8. The van der Waals surface area contributed by atoms with E-state index >= 15 is 0 Å². The van der Waals surface area contributed by atoms with Crippen molar-refractivity contribution in [1.29, 1.82) is 0 Å². The van der Waals surface area contributed by atoms with Crippen LogP contribution in [-0.4, -0.2) is 23.9 Å². The lowest BCUT2D eigenvalue weighted by Crippen LogP contribution is -2.31.